The highest BCUT2D eigenvalue weighted by atomic mass is 32.2. The Kier molecular flexibility index (Phi) is 11.6. The molecule has 0 unspecified atom stereocenters. The van der Waals surface area contributed by atoms with Gasteiger partial charge in [-0.25, -0.2) is 23.1 Å². The second-order valence-electron chi connectivity index (χ2n) is 10.3. The van der Waals surface area contributed by atoms with Crippen LogP contribution in [0.1, 0.15) is 97.3 Å². The average Bonchev–Trinajstić information content (AvgIpc) is 3.26. The van der Waals surface area contributed by atoms with Gasteiger partial charge >= 0.3 is 5.97 Å². The van der Waals surface area contributed by atoms with Crippen LogP contribution in [0, 0.1) is 0 Å². The smallest absolute Gasteiger partial charge is 0.307 e. The van der Waals surface area contributed by atoms with Gasteiger partial charge in [0.1, 0.15) is 17.8 Å². The Morgan fingerprint density at radius 1 is 1.05 bits per heavy atom. The standard InChI is InChI=1S/C27H45N5O4S/c1-4-6-7-8-9-10-11-12-13-14-25(33)36-21-32-16-15-24-26(28-20-29-27(24)32)31(3)23-18-22(19-23)30-37(34,35)17-5-2/h15-16,20,22-23,30H,4-14,17-19,21H2,1-3H3. The first-order chi connectivity index (χ1) is 17.8. The first-order valence-corrected chi connectivity index (χ1v) is 15.7. The largest absolute Gasteiger partial charge is 0.444 e. The molecular formula is C27H45N5O4S. The van der Waals surface area contributed by atoms with Gasteiger partial charge in [0.15, 0.2) is 6.73 Å². The van der Waals surface area contributed by atoms with E-state index < -0.39 is 10.0 Å². The molecule has 2 heterocycles. The molecule has 37 heavy (non-hydrogen) atoms. The van der Waals surface area contributed by atoms with Crippen molar-refractivity contribution < 1.29 is 17.9 Å². The summed E-state index contributed by atoms with van der Waals surface area (Å²) >= 11 is 0. The number of hydrogen-bond acceptors (Lipinski definition) is 7. The number of anilines is 1. The zero-order chi connectivity index (χ0) is 26.7. The fourth-order valence-electron chi connectivity index (χ4n) is 4.92. The lowest BCUT2D eigenvalue weighted by atomic mass is 9.86. The lowest BCUT2D eigenvalue weighted by Crippen LogP contribution is -2.53. The van der Waals surface area contributed by atoms with E-state index >= 15 is 0 Å². The van der Waals surface area contributed by atoms with Crippen molar-refractivity contribution in [1.82, 2.24) is 19.3 Å². The molecule has 0 spiro atoms. The van der Waals surface area contributed by atoms with Crippen molar-refractivity contribution in [2.75, 3.05) is 17.7 Å². The molecule has 2 aromatic heterocycles. The molecule has 0 atom stereocenters. The summed E-state index contributed by atoms with van der Waals surface area (Å²) < 4.78 is 34.2. The third kappa shape index (κ3) is 8.95. The Morgan fingerprint density at radius 2 is 1.73 bits per heavy atom. The lowest BCUT2D eigenvalue weighted by Gasteiger charge is -2.41. The molecule has 0 amide bonds. The summed E-state index contributed by atoms with van der Waals surface area (Å²) in [5.74, 6) is 0.778. The Morgan fingerprint density at radius 3 is 2.41 bits per heavy atom. The van der Waals surface area contributed by atoms with Crippen LogP contribution >= 0.6 is 0 Å². The van der Waals surface area contributed by atoms with Gasteiger partial charge in [-0.05, 0) is 31.7 Å². The molecule has 208 valence electrons. The number of fused-ring (bicyclic) bond motifs is 1. The molecule has 0 aliphatic heterocycles. The maximum absolute atomic E-state index is 12.2. The number of nitrogens with zero attached hydrogens (tertiary/aromatic N) is 4. The molecule has 1 fully saturated rings. The first kappa shape index (κ1) is 29.4. The van der Waals surface area contributed by atoms with Crippen molar-refractivity contribution in [1.29, 1.82) is 0 Å². The summed E-state index contributed by atoms with van der Waals surface area (Å²) in [6, 6.07) is 2.11. The maximum atomic E-state index is 12.2. The van der Waals surface area contributed by atoms with Gasteiger partial charge in [0.05, 0.1) is 11.1 Å². The third-order valence-corrected chi connectivity index (χ3v) is 8.84. The van der Waals surface area contributed by atoms with E-state index in [4.69, 9.17) is 4.74 Å². The van der Waals surface area contributed by atoms with E-state index in [1.807, 2.05) is 30.8 Å². The van der Waals surface area contributed by atoms with Gasteiger partial charge in [-0.1, -0.05) is 65.2 Å². The lowest BCUT2D eigenvalue weighted by molar-refractivity contribution is -0.147. The van der Waals surface area contributed by atoms with Crippen LogP contribution in [0.3, 0.4) is 0 Å². The summed E-state index contributed by atoms with van der Waals surface area (Å²) in [6.07, 6.45) is 16.9. The molecule has 9 nitrogen and oxygen atoms in total. The normalized spacial score (nSPS) is 17.6. The molecule has 1 N–H and O–H groups in total. The van der Waals surface area contributed by atoms with Crippen molar-refractivity contribution in [2.24, 2.45) is 0 Å². The SMILES string of the molecule is CCCCCCCCCCCC(=O)OCn1ccc2c(N(C)C3CC(NS(=O)(=O)CCC)C3)ncnc21. The number of carbonyl (C=O) groups excluding carboxylic acids is 1. The van der Waals surface area contributed by atoms with E-state index in [1.54, 1.807) is 0 Å². The van der Waals surface area contributed by atoms with E-state index in [2.05, 4.69) is 26.5 Å². The van der Waals surface area contributed by atoms with Gasteiger partial charge in [0.25, 0.3) is 0 Å². The Labute approximate surface area is 222 Å². The first-order valence-electron chi connectivity index (χ1n) is 14.0. The second kappa shape index (κ2) is 14.7. The van der Waals surface area contributed by atoms with E-state index in [9.17, 15) is 13.2 Å². The topological polar surface area (TPSA) is 106 Å². The zero-order valence-corrected chi connectivity index (χ0v) is 23.6. The highest BCUT2D eigenvalue weighted by Crippen LogP contribution is 2.32. The van der Waals surface area contributed by atoms with E-state index in [0.717, 1.165) is 36.9 Å². The highest BCUT2D eigenvalue weighted by Gasteiger charge is 2.35. The quantitative estimate of drug-likeness (QED) is 0.208. The molecule has 2 aromatic rings. The van der Waals surface area contributed by atoms with Crippen LogP contribution in [-0.4, -0.2) is 53.8 Å². The van der Waals surface area contributed by atoms with Crippen LogP contribution in [0.4, 0.5) is 5.82 Å². The van der Waals surface area contributed by atoms with Gasteiger partial charge in [-0.3, -0.25) is 9.36 Å². The molecule has 3 rings (SSSR count). The second-order valence-corrected chi connectivity index (χ2v) is 12.2. The van der Waals surface area contributed by atoms with Gasteiger partial charge in [-0.15, -0.1) is 0 Å². The van der Waals surface area contributed by atoms with Crippen LogP contribution in [0.15, 0.2) is 18.6 Å². The maximum Gasteiger partial charge on any atom is 0.307 e. The molecule has 0 aromatic carbocycles. The van der Waals surface area contributed by atoms with Crippen molar-refractivity contribution in [3.8, 4) is 0 Å². The summed E-state index contributed by atoms with van der Waals surface area (Å²) in [7, 11) is -1.23. The fourth-order valence-corrected chi connectivity index (χ4v) is 6.28. The minimum atomic E-state index is -3.20. The minimum Gasteiger partial charge on any atom is -0.444 e. The number of rotatable bonds is 18. The number of nitrogens with one attached hydrogen (secondary N) is 1. The zero-order valence-electron chi connectivity index (χ0n) is 22.8. The average molecular weight is 536 g/mol. The molecule has 1 aliphatic rings. The summed E-state index contributed by atoms with van der Waals surface area (Å²) in [5.41, 5.74) is 0.715. The Bertz CT molecular complexity index is 1080. The number of sulfonamides is 1. The number of esters is 1. The van der Waals surface area contributed by atoms with Crippen molar-refractivity contribution >= 4 is 32.8 Å². The highest BCUT2D eigenvalue weighted by molar-refractivity contribution is 7.89. The molecule has 1 aliphatic carbocycles. The van der Waals surface area contributed by atoms with Gasteiger partial charge < -0.3 is 9.64 Å². The van der Waals surface area contributed by atoms with Gasteiger partial charge in [0.2, 0.25) is 10.0 Å². The van der Waals surface area contributed by atoms with Gasteiger partial charge in [-0.2, -0.15) is 0 Å². The monoisotopic (exact) mass is 535 g/mol. The van der Waals surface area contributed by atoms with Crippen LogP contribution in [0.5, 0.6) is 0 Å². The van der Waals surface area contributed by atoms with Crippen molar-refractivity contribution in [2.45, 2.75) is 116 Å². The molecule has 0 radical (unpaired) electrons. The number of unbranched alkanes of at least 4 members (excludes halogenated alkanes) is 8. The number of hydrogen-bond donors (Lipinski definition) is 1. The predicted molar refractivity (Wildman–Crippen MR) is 148 cm³/mol. The minimum absolute atomic E-state index is 0.0314. The summed E-state index contributed by atoms with van der Waals surface area (Å²) in [5, 5.41) is 0.884. The van der Waals surface area contributed by atoms with Crippen LogP contribution in [-0.2, 0) is 26.3 Å². The molecule has 0 bridgehead atoms. The van der Waals surface area contributed by atoms with Crippen LogP contribution in [0.25, 0.3) is 11.0 Å². The predicted octanol–water partition coefficient (Wildman–Crippen LogP) is 5.15. The number of aromatic nitrogens is 3. The van der Waals surface area contributed by atoms with Crippen molar-refractivity contribution in [3.05, 3.63) is 18.6 Å². The number of ether oxygens (including phenoxy) is 1. The summed E-state index contributed by atoms with van der Waals surface area (Å²) in [6.45, 7) is 4.23. The van der Waals surface area contributed by atoms with E-state index in [1.165, 1.54) is 51.3 Å². The Balaban J connectivity index is 1.42. The van der Waals surface area contributed by atoms with E-state index in [-0.39, 0.29) is 30.5 Å². The van der Waals surface area contributed by atoms with Gasteiger partial charge in [0, 0.05) is 31.7 Å². The molecule has 0 saturated heterocycles. The number of carbonyl (C=O) groups is 1. The fraction of sp³-hybridized carbons (Fsp3) is 0.741. The van der Waals surface area contributed by atoms with Crippen LogP contribution < -0.4 is 9.62 Å². The molecular weight excluding hydrogens is 490 g/mol. The Hall–Kier alpha value is -2.20. The van der Waals surface area contributed by atoms with Crippen molar-refractivity contribution in [3.63, 3.8) is 0 Å². The van der Waals surface area contributed by atoms with E-state index in [0.29, 0.717) is 18.5 Å². The molecule has 1 saturated carbocycles. The molecule has 10 heteroatoms. The summed E-state index contributed by atoms with van der Waals surface area (Å²) in [4.78, 5) is 23.2. The van der Waals surface area contributed by atoms with Crippen LogP contribution in [0.2, 0.25) is 0 Å². The third-order valence-electron chi connectivity index (χ3n) is 7.20.